The highest BCUT2D eigenvalue weighted by Gasteiger charge is 2.15. The van der Waals surface area contributed by atoms with Gasteiger partial charge < -0.3 is 20.5 Å². The molecule has 3 N–H and O–H groups in total. The molecule has 0 spiro atoms. The molecule has 0 aliphatic carbocycles. The van der Waals surface area contributed by atoms with Crippen LogP contribution in [0.3, 0.4) is 0 Å². The van der Waals surface area contributed by atoms with Gasteiger partial charge in [0.2, 0.25) is 5.91 Å². The Kier molecular flexibility index (Phi) is 7.18. The Balaban J connectivity index is 1.85. The van der Waals surface area contributed by atoms with Crippen molar-refractivity contribution in [1.29, 1.82) is 0 Å². The average molecular weight is 324 g/mol. The van der Waals surface area contributed by atoms with Crippen LogP contribution in [0.2, 0.25) is 0 Å². The Labute approximate surface area is 135 Å². The molecule has 1 amide bonds. The summed E-state index contributed by atoms with van der Waals surface area (Å²) in [6.45, 7) is 1.95. The molecule has 1 heterocycles. The largest absolute Gasteiger partial charge is 0.383 e. The van der Waals surface area contributed by atoms with Crippen LogP contribution in [0.1, 0.15) is 18.4 Å². The minimum absolute atomic E-state index is 0.213. The summed E-state index contributed by atoms with van der Waals surface area (Å²) in [6, 6.07) is 7.27. The molecule has 0 radical (unpaired) electrons. The molecule has 1 unspecified atom stereocenters. The molecule has 0 aromatic heterocycles. The number of rotatable bonds is 7. The lowest BCUT2D eigenvalue weighted by Gasteiger charge is -2.21. The number of nitrogens with two attached hydrogens (primary N) is 1. The zero-order valence-corrected chi connectivity index (χ0v) is 13.7. The smallest absolute Gasteiger partial charge is 0.243 e. The van der Waals surface area contributed by atoms with E-state index in [1.807, 2.05) is 30.0 Å². The first-order valence-corrected chi connectivity index (χ1v) is 8.57. The summed E-state index contributed by atoms with van der Waals surface area (Å²) in [4.78, 5) is 11.9. The van der Waals surface area contributed by atoms with E-state index in [0.717, 1.165) is 37.5 Å². The van der Waals surface area contributed by atoms with Gasteiger partial charge in [-0.2, -0.15) is 11.8 Å². The minimum Gasteiger partial charge on any atom is -0.383 e. The number of benzene rings is 1. The monoisotopic (exact) mass is 324 g/mol. The van der Waals surface area contributed by atoms with Crippen LogP contribution >= 0.6 is 11.8 Å². The van der Waals surface area contributed by atoms with E-state index < -0.39 is 6.04 Å². The van der Waals surface area contributed by atoms with Gasteiger partial charge in [-0.25, -0.2) is 0 Å². The van der Waals surface area contributed by atoms with Gasteiger partial charge >= 0.3 is 0 Å². The maximum absolute atomic E-state index is 11.9. The van der Waals surface area contributed by atoms with E-state index >= 15 is 0 Å². The highest BCUT2D eigenvalue weighted by Crippen LogP contribution is 2.26. The molecule has 0 saturated carbocycles. The molecule has 5 nitrogen and oxygen atoms in total. The maximum atomic E-state index is 11.9. The molecule has 1 aromatic carbocycles. The van der Waals surface area contributed by atoms with Crippen molar-refractivity contribution in [3.63, 3.8) is 0 Å². The van der Waals surface area contributed by atoms with Crippen LogP contribution in [-0.4, -0.2) is 44.1 Å². The van der Waals surface area contributed by atoms with Gasteiger partial charge in [-0.1, -0.05) is 12.1 Å². The number of anilines is 1. The standard InChI is InChI=1S/C16H24N2O3S/c1-20-10-15(17)16(19)18-13-4-2-3-12(9-13)11-22-14-5-7-21-8-6-14/h2-4,9,14-15H,5-8,10-11,17H2,1H3,(H,18,19). The summed E-state index contributed by atoms with van der Waals surface area (Å²) >= 11 is 1.96. The molecular formula is C16H24N2O3S. The van der Waals surface area contributed by atoms with Crippen LogP contribution in [-0.2, 0) is 20.0 Å². The van der Waals surface area contributed by atoms with Crippen LogP contribution in [0, 0.1) is 0 Å². The Morgan fingerprint density at radius 1 is 1.50 bits per heavy atom. The molecule has 122 valence electrons. The normalized spacial score (nSPS) is 17.2. The molecule has 6 heteroatoms. The molecule has 1 aliphatic rings. The molecular weight excluding hydrogens is 300 g/mol. The number of carbonyl (C=O) groups excluding carboxylic acids is 1. The van der Waals surface area contributed by atoms with Crippen LogP contribution in [0.25, 0.3) is 0 Å². The van der Waals surface area contributed by atoms with E-state index in [0.29, 0.717) is 5.25 Å². The van der Waals surface area contributed by atoms with Crippen LogP contribution in [0.4, 0.5) is 5.69 Å². The molecule has 22 heavy (non-hydrogen) atoms. The summed E-state index contributed by atoms with van der Waals surface area (Å²) < 4.78 is 10.3. The third kappa shape index (κ3) is 5.61. The Morgan fingerprint density at radius 2 is 2.27 bits per heavy atom. The molecule has 1 saturated heterocycles. The highest BCUT2D eigenvalue weighted by atomic mass is 32.2. The maximum Gasteiger partial charge on any atom is 0.243 e. The summed E-state index contributed by atoms with van der Waals surface area (Å²) in [6.07, 6.45) is 2.24. The van der Waals surface area contributed by atoms with E-state index in [-0.39, 0.29) is 12.5 Å². The number of thioether (sulfide) groups is 1. The second-order valence-electron chi connectivity index (χ2n) is 5.37. The lowest BCUT2D eigenvalue weighted by molar-refractivity contribution is -0.118. The first-order chi connectivity index (χ1) is 10.7. The fourth-order valence-electron chi connectivity index (χ4n) is 2.29. The number of nitrogens with one attached hydrogen (secondary N) is 1. The number of methoxy groups -OCH3 is 1. The van der Waals surface area contributed by atoms with Crippen molar-refractivity contribution in [2.24, 2.45) is 5.73 Å². The molecule has 1 atom stereocenters. The zero-order valence-electron chi connectivity index (χ0n) is 12.9. The second kappa shape index (κ2) is 9.15. The summed E-state index contributed by atoms with van der Waals surface area (Å²) in [5, 5.41) is 3.50. The lowest BCUT2D eigenvalue weighted by atomic mass is 10.2. The number of amides is 1. The van der Waals surface area contributed by atoms with Crippen LogP contribution in [0.15, 0.2) is 24.3 Å². The van der Waals surface area contributed by atoms with Gasteiger partial charge in [0.05, 0.1) is 6.61 Å². The van der Waals surface area contributed by atoms with Gasteiger partial charge in [-0.3, -0.25) is 4.79 Å². The van der Waals surface area contributed by atoms with Gasteiger partial charge in [-0.05, 0) is 30.5 Å². The van der Waals surface area contributed by atoms with Crippen molar-refractivity contribution in [2.75, 3.05) is 32.2 Å². The number of hydrogen-bond acceptors (Lipinski definition) is 5. The highest BCUT2D eigenvalue weighted by molar-refractivity contribution is 7.99. The third-order valence-electron chi connectivity index (χ3n) is 3.53. The molecule has 2 rings (SSSR count). The van der Waals surface area contributed by atoms with E-state index in [4.69, 9.17) is 15.2 Å². The fourth-order valence-corrected chi connectivity index (χ4v) is 3.42. The molecule has 1 aromatic rings. The van der Waals surface area contributed by atoms with E-state index in [1.54, 1.807) is 0 Å². The Bertz CT molecular complexity index is 478. The van der Waals surface area contributed by atoms with Gasteiger partial charge in [0, 0.05) is 37.0 Å². The molecule has 1 fully saturated rings. The number of carbonyl (C=O) groups is 1. The quantitative estimate of drug-likeness (QED) is 0.802. The van der Waals surface area contributed by atoms with Crippen LogP contribution in [0.5, 0.6) is 0 Å². The zero-order chi connectivity index (χ0) is 15.8. The molecule has 0 bridgehead atoms. The summed E-state index contributed by atoms with van der Waals surface area (Å²) in [5.41, 5.74) is 7.70. The van der Waals surface area contributed by atoms with Crippen molar-refractivity contribution in [3.8, 4) is 0 Å². The topological polar surface area (TPSA) is 73.6 Å². The second-order valence-corrected chi connectivity index (χ2v) is 6.66. The van der Waals surface area contributed by atoms with Gasteiger partial charge in [-0.15, -0.1) is 0 Å². The predicted octanol–water partition coefficient (Wildman–Crippen LogP) is 2.01. The van der Waals surface area contributed by atoms with Crippen molar-refractivity contribution in [1.82, 2.24) is 0 Å². The van der Waals surface area contributed by atoms with Crippen LogP contribution < -0.4 is 11.1 Å². The summed E-state index contributed by atoms with van der Waals surface area (Å²) in [7, 11) is 1.53. The van der Waals surface area contributed by atoms with E-state index in [2.05, 4.69) is 11.4 Å². The Hall–Kier alpha value is -1.08. The summed E-state index contributed by atoms with van der Waals surface area (Å²) in [5.74, 6) is 0.717. The van der Waals surface area contributed by atoms with E-state index in [9.17, 15) is 4.79 Å². The predicted molar refractivity (Wildman–Crippen MR) is 90.1 cm³/mol. The first kappa shape index (κ1) is 17.3. The number of hydrogen-bond donors (Lipinski definition) is 2. The van der Waals surface area contributed by atoms with E-state index in [1.165, 1.54) is 12.7 Å². The SMILES string of the molecule is COCC(N)C(=O)Nc1cccc(CSC2CCOCC2)c1. The van der Waals surface area contributed by atoms with Crippen molar-refractivity contribution in [2.45, 2.75) is 29.9 Å². The minimum atomic E-state index is -0.648. The number of ether oxygens (including phenoxy) is 2. The van der Waals surface area contributed by atoms with Gasteiger partial charge in [0.25, 0.3) is 0 Å². The first-order valence-electron chi connectivity index (χ1n) is 7.52. The van der Waals surface area contributed by atoms with Gasteiger partial charge in [0.15, 0.2) is 0 Å². The fraction of sp³-hybridized carbons (Fsp3) is 0.562. The molecule has 1 aliphatic heterocycles. The Morgan fingerprint density at radius 3 is 3.00 bits per heavy atom. The van der Waals surface area contributed by atoms with Crippen molar-refractivity contribution < 1.29 is 14.3 Å². The third-order valence-corrected chi connectivity index (χ3v) is 4.97. The lowest BCUT2D eigenvalue weighted by Crippen LogP contribution is -2.39. The van der Waals surface area contributed by atoms with Gasteiger partial charge in [0.1, 0.15) is 6.04 Å². The van der Waals surface area contributed by atoms with Crippen molar-refractivity contribution in [3.05, 3.63) is 29.8 Å². The van der Waals surface area contributed by atoms with Crippen molar-refractivity contribution >= 4 is 23.4 Å². The average Bonchev–Trinajstić information content (AvgIpc) is 2.54.